The summed E-state index contributed by atoms with van der Waals surface area (Å²) in [6, 6.07) is 0. The molecule has 0 bridgehead atoms. The highest BCUT2D eigenvalue weighted by Gasteiger charge is 2.08. The number of hydrogen-bond acceptors (Lipinski definition) is 4. The van der Waals surface area contributed by atoms with E-state index in [1.807, 2.05) is 24.3 Å². The van der Waals surface area contributed by atoms with Crippen molar-refractivity contribution in [3.8, 4) is 0 Å². The number of hydrogen-bond donors (Lipinski definition) is 0. The lowest BCUT2D eigenvalue weighted by molar-refractivity contribution is -0.138. The molecule has 1 aliphatic rings. The summed E-state index contributed by atoms with van der Waals surface area (Å²) in [7, 11) is 0. The van der Waals surface area contributed by atoms with Crippen molar-refractivity contribution in [3.63, 3.8) is 0 Å². The molecular formula is C17H19BrO4. The van der Waals surface area contributed by atoms with Crippen LogP contribution in [0.15, 0.2) is 58.2 Å². The Hall–Kier alpha value is -1.88. The van der Waals surface area contributed by atoms with Crippen molar-refractivity contribution in [2.24, 2.45) is 0 Å². The average molecular weight is 367 g/mol. The summed E-state index contributed by atoms with van der Waals surface area (Å²) < 4.78 is 10.1. The maximum Gasteiger partial charge on any atom is 0.345 e. The lowest BCUT2D eigenvalue weighted by Crippen LogP contribution is -2.03. The second-order valence-electron chi connectivity index (χ2n) is 4.34. The SMILES string of the molecule is CCOC(=O)/C=C/C1=CC=CC=C(/C=C(/Br)C(=O)OCC)C1. The van der Waals surface area contributed by atoms with Gasteiger partial charge in [-0.15, -0.1) is 0 Å². The van der Waals surface area contributed by atoms with Gasteiger partial charge in [0, 0.05) is 6.08 Å². The van der Waals surface area contributed by atoms with E-state index in [0.717, 1.165) is 11.1 Å². The van der Waals surface area contributed by atoms with Crippen molar-refractivity contribution in [1.82, 2.24) is 0 Å². The maximum absolute atomic E-state index is 11.6. The number of carbonyl (C=O) groups is 2. The van der Waals surface area contributed by atoms with Crippen LogP contribution in [0.5, 0.6) is 0 Å². The van der Waals surface area contributed by atoms with Crippen molar-refractivity contribution in [2.45, 2.75) is 20.3 Å². The zero-order valence-corrected chi connectivity index (χ0v) is 14.3. The molecule has 0 atom stereocenters. The minimum absolute atomic E-state index is 0.328. The first-order valence-electron chi connectivity index (χ1n) is 7.02. The monoisotopic (exact) mass is 366 g/mol. The average Bonchev–Trinajstić information content (AvgIpc) is 2.71. The van der Waals surface area contributed by atoms with Gasteiger partial charge < -0.3 is 9.47 Å². The minimum Gasteiger partial charge on any atom is -0.463 e. The van der Waals surface area contributed by atoms with E-state index in [4.69, 9.17) is 9.47 Å². The van der Waals surface area contributed by atoms with E-state index in [2.05, 4.69) is 15.9 Å². The molecule has 1 rings (SSSR count). The number of allylic oxidation sites excluding steroid dienone is 8. The molecule has 0 heterocycles. The van der Waals surface area contributed by atoms with Crippen LogP contribution < -0.4 is 0 Å². The zero-order valence-electron chi connectivity index (χ0n) is 12.7. The third kappa shape index (κ3) is 6.72. The molecule has 1 aliphatic carbocycles. The van der Waals surface area contributed by atoms with Crippen LogP contribution in [0.1, 0.15) is 20.3 Å². The number of carbonyl (C=O) groups excluding carboxylic acids is 2. The van der Waals surface area contributed by atoms with Gasteiger partial charge in [-0.25, -0.2) is 9.59 Å². The molecule has 0 radical (unpaired) electrons. The standard InChI is InChI=1S/C17H19BrO4/c1-3-21-16(19)10-9-13-7-5-6-8-14(11-13)12-15(18)17(20)22-4-2/h5-10,12H,3-4,11H2,1-2H3/b10-9+,15-12+. The Bertz CT molecular complexity index is 565. The Labute approximate surface area is 139 Å². The third-order valence-corrected chi connectivity index (χ3v) is 3.20. The molecule has 0 aromatic heterocycles. The highest BCUT2D eigenvalue weighted by atomic mass is 79.9. The molecule has 118 valence electrons. The molecule has 0 aromatic rings. The van der Waals surface area contributed by atoms with Crippen LogP contribution in [0.4, 0.5) is 0 Å². The molecule has 5 heteroatoms. The van der Waals surface area contributed by atoms with Crippen LogP contribution in [-0.4, -0.2) is 25.2 Å². The van der Waals surface area contributed by atoms with Gasteiger partial charge in [0.25, 0.3) is 0 Å². The second kappa shape index (κ2) is 9.95. The Balaban J connectivity index is 2.77. The highest BCUT2D eigenvalue weighted by Crippen LogP contribution is 2.21. The van der Waals surface area contributed by atoms with Crippen molar-refractivity contribution in [3.05, 3.63) is 58.2 Å². The first-order valence-corrected chi connectivity index (χ1v) is 7.81. The third-order valence-electron chi connectivity index (χ3n) is 2.64. The van der Waals surface area contributed by atoms with Gasteiger partial charge in [0.05, 0.1) is 13.2 Å². The summed E-state index contributed by atoms with van der Waals surface area (Å²) in [4.78, 5) is 22.9. The molecule has 0 aromatic carbocycles. The van der Waals surface area contributed by atoms with Crippen LogP contribution in [0, 0.1) is 0 Å². The van der Waals surface area contributed by atoms with Gasteiger partial charge in [0.15, 0.2) is 0 Å². The summed E-state index contributed by atoms with van der Waals surface area (Å²) in [5, 5.41) is 0. The van der Waals surface area contributed by atoms with E-state index in [9.17, 15) is 9.59 Å². The number of rotatable bonds is 6. The molecule has 0 spiro atoms. The number of ether oxygens (including phenoxy) is 2. The number of esters is 2. The molecule has 22 heavy (non-hydrogen) atoms. The minimum atomic E-state index is -0.399. The van der Waals surface area contributed by atoms with E-state index in [-0.39, 0.29) is 5.97 Å². The molecule has 0 saturated carbocycles. The maximum atomic E-state index is 11.6. The van der Waals surface area contributed by atoms with Crippen LogP contribution in [0.2, 0.25) is 0 Å². The highest BCUT2D eigenvalue weighted by molar-refractivity contribution is 9.12. The van der Waals surface area contributed by atoms with Gasteiger partial charge in [-0.2, -0.15) is 0 Å². The van der Waals surface area contributed by atoms with E-state index >= 15 is 0 Å². The molecule has 0 unspecified atom stereocenters. The quantitative estimate of drug-likeness (QED) is 0.530. The van der Waals surface area contributed by atoms with Crippen LogP contribution in [0.25, 0.3) is 0 Å². The first kappa shape index (κ1) is 18.2. The normalized spacial score (nSPS) is 15.1. The lowest BCUT2D eigenvalue weighted by Gasteiger charge is -2.04. The van der Waals surface area contributed by atoms with Gasteiger partial charge in [-0.1, -0.05) is 30.4 Å². The predicted molar refractivity (Wildman–Crippen MR) is 89.3 cm³/mol. The predicted octanol–water partition coefficient (Wildman–Crippen LogP) is 3.76. The van der Waals surface area contributed by atoms with E-state index < -0.39 is 5.97 Å². The summed E-state index contributed by atoms with van der Waals surface area (Å²) in [6.07, 6.45) is 13.0. The molecule has 0 N–H and O–H groups in total. The van der Waals surface area contributed by atoms with Crippen LogP contribution in [-0.2, 0) is 19.1 Å². The fraction of sp³-hybridized carbons (Fsp3) is 0.294. The topological polar surface area (TPSA) is 52.6 Å². The second-order valence-corrected chi connectivity index (χ2v) is 5.20. The van der Waals surface area contributed by atoms with Crippen molar-refractivity contribution in [2.75, 3.05) is 13.2 Å². The Kier molecular flexibility index (Phi) is 8.22. The van der Waals surface area contributed by atoms with E-state index in [1.54, 1.807) is 26.0 Å². The summed E-state index contributed by atoms with van der Waals surface area (Å²) >= 11 is 3.22. The van der Waals surface area contributed by atoms with Crippen molar-refractivity contribution < 1.29 is 19.1 Å². The molecule has 0 amide bonds. The van der Waals surface area contributed by atoms with Gasteiger partial charge in [-0.05, 0) is 53.4 Å². The van der Waals surface area contributed by atoms with Crippen LogP contribution >= 0.6 is 15.9 Å². The summed E-state index contributed by atoms with van der Waals surface area (Å²) in [5.74, 6) is -0.769. The molecule has 0 saturated heterocycles. The van der Waals surface area contributed by atoms with Gasteiger partial charge in [0.2, 0.25) is 0 Å². The largest absolute Gasteiger partial charge is 0.463 e. The fourth-order valence-electron chi connectivity index (χ4n) is 1.71. The van der Waals surface area contributed by atoms with E-state index in [1.165, 1.54) is 6.08 Å². The Morgan fingerprint density at radius 2 is 1.77 bits per heavy atom. The van der Waals surface area contributed by atoms with Gasteiger partial charge >= 0.3 is 11.9 Å². The van der Waals surface area contributed by atoms with E-state index in [0.29, 0.717) is 24.1 Å². The molecular weight excluding hydrogens is 348 g/mol. The zero-order chi connectivity index (χ0) is 16.4. The lowest BCUT2D eigenvalue weighted by atomic mass is 10.1. The van der Waals surface area contributed by atoms with Crippen molar-refractivity contribution in [1.29, 1.82) is 0 Å². The Morgan fingerprint density at radius 3 is 2.41 bits per heavy atom. The Morgan fingerprint density at radius 1 is 1.14 bits per heavy atom. The van der Waals surface area contributed by atoms with Crippen LogP contribution in [0.3, 0.4) is 0 Å². The number of halogens is 1. The summed E-state index contributed by atoms with van der Waals surface area (Å²) in [5.41, 5.74) is 1.86. The van der Waals surface area contributed by atoms with Crippen molar-refractivity contribution >= 4 is 27.9 Å². The smallest absolute Gasteiger partial charge is 0.345 e. The molecule has 4 nitrogen and oxygen atoms in total. The molecule has 0 aliphatic heterocycles. The van der Waals surface area contributed by atoms with Gasteiger partial charge in [-0.3, -0.25) is 0 Å². The van der Waals surface area contributed by atoms with Gasteiger partial charge in [0.1, 0.15) is 4.48 Å². The first-order chi connectivity index (χ1) is 10.6. The molecule has 0 fully saturated rings. The fourth-order valence-corrected chi connectivity index (χ4v) is 2.12. The summed E-state index contributed by atoms with van der Waals surface area (Å²) in [6.45, 7) is 4.20.